The number of unbranched alkanes of at least 4 members (excludes halogenated alkanes) is 1. The number of hydrogen-bond acceptors (Lipinski definition) is 3. The standard InChI is InChI=1S/C16H27N3O/c1-13-7-6-8-14(11-13)12-18-10-5-4-9-16(2,3)15(17)19-20/h6-8,11,18,20H,4-5,9-10,12H2,1-3H3,(H2,17,19). The van der Waals surface area contributed by atoms with Crippen LogP contribution in [0.3, 0.4) is 0 Å². The average Bonchev–Trinajstić information content (AvgIpc) is 2.41. The molecule has 0 spiro atoms. The first-order chi connectivity index (χ1) is 9.45. The zero-order valence-electron chi connectivity index (χ0n) is 12.8. The second-order valence-corrected chi connectivity index (χ2v) is 5.99. The maximum absolute atomic E-state index is 8.71. The van der Waals surface area contributed by atoms with E-state index in [1.54, 1.807) is 0 Å². The Morgan fingerprint density at radius 2 is 2.10 bits per heavy atom. The van der Waals surface area contributed by atoms with Crippen molar-refractivity contribution in [3.05, 3.63) is 35.4 Å². The molecule has 0 aromatic heterocycles. The van der Waals surface area contributed by atoms with Crippen LogP contribution in [0, 0.1) is 12.3 Å². The number of nitrogens with zero attached hydrogens (tertiary/aromatic N) is 1. The molecule has 0 aliphatic carbocycles. The van der Waals surface area contributed by atoms with Crippen molar-refractivity contribution in [2.24, 2.45) is 16.3 Å². The van der Waals surface area contributed by atoms with E-state index in [4.69, 9.17) is 10.9 Å². The molecule has 1 aromatic carbocycles. The summed E-state index contributed by atoms with van der Waals surface area (Å²) in [5.41, 5.74) is 8.05. The van der Waals surface area contributed by atoms with Gasteiger partial charge < -0.3 is 16.3 Å². The van der Waals surface area contributed by atoms with Crippen molar-refractivity contribution in [2.75, 3.05) is 6.54 Å². The predicted octanol–water partition coefficient (Wildman–Crippen LogP) is 3.03. The molecule has 0 saturated heterocycles. The van der Waals surface area contributed by atoms with E-state index in [1.807, 2.05) is 13.8 Å². The summed E-state index contributed by atoms with van der Waals surface area (Å²) in [5.74, 6) is 0.310. The van der Waals surface area contributed by atoms with E-state index in [1.165, 1.54) is 11.1 Å². The number of rotatable bonds is 8. The van der Waals surface area contributed by atoms with Gasteiger partial charge in [0.1, 0.15) is 5.84 Å². The summed E-state index contributed by atoms with van der Waals surface area (Å²) in [6.45, 7) is 8.01. The lowest BCUT2D eigenvalue weighted by atomic mass is 9.86. The lowest BCUT2D eigenvalue weighted by Crippen LogP contribution is -2.32. The molecule has 0 saturated carbocycles. The Morgan fingerprint density at radius 1 is 1.35 bits per heavy atom. The first kappa shape index (κ1) is 16.5. The van der Waals surface area contributed by atoms with E-state index in [0.717, 1.165) is 32.4 Å². The average molecular weight is 277 g/mol. The summed E-state index contributed by atoms with van der Waals surface area (Å²) in [5, 5.41) is 15.3. The third-order valence-electron chi connectivity index (χ3n) is 3.62. The highest BCUT2D eigenvalue weighted by atomic mass is 16.4. The molecule has 1 rings (SSSR count). The van der Waals surface area contributed by atoms with Gasteiger partial charge >= 0.3 is 0 Å². The lowest BCUT2D eigenvalue weighted by molar-refractivity contribution is 0.304. The molecule has 0 radical (unpaired) electrons. The fraction of sp³-hybridized carbons (Fsp3) is 0.562. The van der Waals surface area contributed by atoms with Crippen molar-refractivity contribution in [2.45, 2.75) is 46.6 Å². The number of aryl methyl sites for hydroxylation is 1. The summed E-state index contributed by atoms with van der Waals surface area (Å²) in [4.78, 5) is 0. The van der Waals surface area contributed by atoms with Crippen LogP contribution in [-0.2, 0) is 6.54 Å². The first-order valence-electron chi connectivity index (χ1n) is 7.20. The number of oxime groups is 1. The Labute approximate surface area is 122 Å². The second kappa shape index (κ2) is 7.90. The molecular formula is C16H27N3O. The van der Waals surface area contributed by atoms with Crippen LogP contribution in [0.15, 0.2) is 29.4 Å². The first-order valence-corrected chi connectivity index (χ1v) is 7.20. The van der Waals surface area contributed by atoms with E-state index in [0.29, 0.717) is 5.84 Å². The molecule has 4 nitrogen and oxygen atoms in total. The monoisotopic (exact) mass is 277 g/mol. The molecule has 0 heterocycles. The van der Waals surface area contributed by atoms with Crippen molar-refractivity contribution in [3.63, 3.8) is 0 Å². The Bertz CT molecular complexity index is 441. The molecule has 0 amide bonds. The highest BCUT2D eigenvalue weighted by molar-refractivity contribution is 5.85. The van der Waals surface area contributed by atoms with Crippen LogP contribution < -0.4 is 11.1 Å². The van der Waals surface area contributed by atoms with Crippen LogP contribution >= 0.6 is 0 Å². The van der Waals surface area contributed by atoms with Crippen molar-refractivity contribution < 1.29 is 5.21 Å². The lowest BCUT2D eigenvalue weighted by Gasteiger charge is -2.22. The van der Waals surface area contributed by atoms with Gasteiger partial charge in [-0.05, 0) is 31.9 Å². The molecular weight excluding hydrogens is 250 g/mol. The quantitative estimate of drug-likeness (QED) is 0.225. The molecule has 0 fully saturated rings. The second-order valence-electron chi connectivity index (χ2n) is 5.99. The van der Waals surface area contributed by atoms with Crippen molar-refractivity contribution in [3.8, 4) is 0 Å². The molecule has 0 aliphatic rings. The number of amidine groups is 1. The van der Waals surface area contributed by atoms with Gasteiger partial charge in [-0.1, -0.05) is 55.3 Å². The summed E-state index contributed by atoms with van der Waals surface area (Å²) in [6, 6.07) is 8.54. The van der Waals surface area contributed by atoms with E-state index >= 15 is 0 Å². The van der Waals surface area contributed by atoms with Gasteiger partial charge in [0.25, 0.3) is 0 Å². The van der Waals surface area contributed by atoms with Crippen molar-refractivity contribution >= 4 is 5.84 Å². The van der Waals surface area contributed by atoms with Gasteiger partial charge in [0.15, 0.2) is 0 Å². The Balaban J connectivity index is 2.17. The number of nitrogens with two attached hydrogens (primary N) is 1. The summed E-state index contributed by atoms with van der Waals surface area (Å²) in [6.07, 6.45) is 3.08. The summed E-state index contributed by atoms with van der Waals surface area (Å²) < 4.78 is 0. The Kier molecular flexibility index (Phi) is 6.52. The summed E-state index contributed by atoms with van der Waals surface area (Å²) in [7, 11) is 0. The molecule has 0 aliphatic heterocycles. The maximum atomic E-state index is 8.71. The van der Waals surface area contributed by atoms with Crippen LogP contribution in [0.25, 0.3) is 0 Å². The molecule has 20 heavy (non-hydrogen) atoms. The van der Waals surface area contributed by atoms with Gasteiger partial charge in [0.05, 0.1) is 0 Å². The minimum Gasteiger partial charge on any atom is -0.409 e. The third kappa shape index (κ3) is 5.61. The molecule has 0 bridgehead atoms. The minimum absolute atomic E-state index is 0.231. The predicted molar refractivity (Wildman–Crippen MR) is 83.9 cm³/mol. The third-order valence-corrected chi connectivity index (χ3v) is 3.62. The Hall–Kier alpha value is -1.55. The van der Waals surface area contributed by atoms with Crippen LogP contribution in [0.1, 0.15) is 44.2 Å². The fourth-order valence-corrected chi connectivity index (χ4v) is 2.14. The van der Waals surface area contributed by atoms with Crippen LogP contribution in [0.4, 0.5) is 0 Å². The highest BCUT2D eigenvalue weighted by Gasteiger charge is 2.22. The number of hydrogen-bond donors (Lipinski definition) is 3. The van der Waals surface area contributed by atoms with E-state index in [2.05, 4.69) is 41.7 Å². The molecule has 4 heteroatoms. The van der Waals surface area contributed by atoms with Gasteiger partial charge in [-0.15, -0.1) is 0 Å². The SMILES string of the molecule is Cc1cccc(CNCCCCC(C)(C)/C(N)=N/O)c1. The molecule has 4 N–H and O–H groups in total. The topological polar surface area (TPSA) is 70.6 Å². The maximum Gasteiger partial charge on any atom is 0.144 e. The Morgan fingerprint density at radius 3 is 2.75 bits per heavy atom. The zero-order valence-corrected chi connectivity index (χ0v) is 12.8. The molecule has 0 unspecified atom stereocenters. The number of benzene rings is 1. The van der Waals surface area contributed by atoms with E-state index < -0.39 is 0 Å². The van der Waals surface area contributed by atoms with Crippen molar-refractivity contribution in [1.29, 1.82) is 0 Å². The normalized spacial score (nSPS) is 12.7. The number of nitrogens with one attached hydrogen (secondary N) is 1. The van der Waals surface area contributed by atoms with E-state index in [-0.39, 0.29) is 5.41 Å². The van der Waals surface area contributed by atoms with Gasteiger partial charge in [-0.2, -0.15) is 0 Å². The minimum atomic E-state index is -0.231. The van der Waals surface area contributed by atoms with Gasteiger partial charge in [0, 0.05) is 12.0 Å². The molecule has 1 aromatic rings. The molecule has 112 valence electrons. The highest BCUT2D eigenvalue weighted by Crippen LogP contribution is 2.23. The smallest absolute Gasteiger partial charge is 0.144 e. The van der Waals surface area contributed by atoms with Crippen LogP contribution in [0.5, 0.6) is 0 Å². The fourth-order valence-electron chi connectivity index (χ4n) is 2.14. The van der Waals surface area contributed by atoms with Crippen LogP contribution in [-0.4, -0.2) is 17.6 Å². The van der Waals surface area contributed by atoms with Gasteiger partial charge in [0.2, 0.25) is 0 Å². The van der Waals surface area contributed by atoms with Crippen molar-refractivity contribution in [1.82, 2.24) is 5.32 Å². The molecule has 0 atom stereocenters. The zero-order chi connectivity index (χ0) is 15.0. The van der Waals surface area contributed by atoms with Crippen LogP contribution in [0.2, 0.25) is 0 Å². The summed E-state index contributed by atoms with van der Waals surface area (Å²) >= 11 is 0. The largest absolute Gasteiger partial charge is 0.409 e. The van der Waals surface area contributed by atoms with Gasteiger partial charge in [-0.25, -0.2) is 0 Å². The van der Waals surface area contributed by atoms with Gasteiger partial charge in [-0.3, -0.25) is 0 Å². The van der Waals surface area contributed by atoms with E-state index in [9.17, 15) is 0 Å².